The Hall–Kier alpha value is -2.90. The number of fused-ring (bicyclic) bond motifs is 2. The second-order valence-corrected chi connectivity index (χ2v) is 9.20. The van der Waals surface area contributed by atoms with Gasteiger partial charge in [-0.05, 0) is 42.7 Å². The highest BCUT2D eigenvalue weighted by atomic mass is 16.2. The van der Waals surface area contributed by atoms with Crippen LogP contribution in [-0.4, -0.2) is 59.2 Å². The Morgan fingerprint density at radius 2 is 1.90 bits per heavy atom. The summed E-state index contributed by atoms with van der Waals surface area (Å²) in [5.41, 5.74) is 0.840. The Balaban J connectivity index is 1.32. The van der Waals surface area contributed by atoms with E-state index < -0.39 is 11.6 Å². The van der Waals surface area contributed by atoms with Crippen LogP contribution in [0.5, 0.6) is 0 Å². The lowest BCUT2D eigenvalue weighted by Crippen LogP contribution is -2.49. The molecule has 2 saturated heterocycles. The van der Waals surface area contributed by atoms with Gasteiger partial charge in [0.15, 0.2) is 0 Å². The van der Waals surface area contributed by atoms with Crippen LogP contribution >= 0.6 is 0 Å². The van der Waals surface area contributed by atoms with Crippen LogP contribution in [0.15, 0.2) is 24.3 Å². The van der Waals surface area contributed by atoms with Gasteiger partial charge in [-0.25, -0.2) is 4.79 Å². The second kappa shape index (κ2) is 8.32. The predicted molar refractivity (Wildman–Crippen MR) is 114 cm³/mol. The number of aryl methyl sites for hydroxylation is 1. The fraction of sp³-hybridized carbons (Fsp3) is 0.565. The van der Waals surface area contributed by atoms with E-state index in [2.05, 4.69) is 10.6 Å². The van der Waals surface area contributed by atoms with Gasteiger partial charge in [-0.15, -0.1) is 0 Å². The minimum Gasteiger partial charge on any atom is -0.352 e. The molecule has 1 atom stereocenters. The molecule has 0 radical (unpaired) electrons. The minimum absolute atomic E-state index is 0.0578. The average molecular weight is 427 g/mol. The van der Waals surface area contributed by atoms with Crippen LogP contribution in [0.1, 0.15) is 50.7 Å². The first-order chi connectivity index (χ1) is 14.8. The Bertz CT molecular complexity index is 907. The second-order valence-electron chi connectivity index (χ2n) is 9.20. The van der Waals surface area contributed by atoms with Gasteiger partial charge in [-0.2, -0.15) is 0 Å². The van der Waals surface area contributed by atoms with Crippen molar-refractivity contribution in [3.8, 4) is 0 Å². The summed E-state index contributed by atoms with van der Waals surface area (Å²) in [7, 11) is 0. The molecule has 1 spiro atoms. The summed E-state index contributed by atoms with van der Waals surface area (Å²) in [6.07, 6.45) is 3.11. The number of nitrogens with one attached hydrogen (secondary N) is 2. The van der Waals surface area contributed by atoms with E-state index in [0.717, 1.165) is 22.4 Å². The molecule has 0 bridgehead atoms. The van der Waals surface area contributed by atoms with Crippen molar-refractivity contribution >= 4 is 23.8 Å². The molecule has 8 heteroatoms. The first-order valence-electron chi connectivity index (χ1n) is 11.1. The van der Waals surface area contributed by atoms with Crippen molar-refractivity contribution < 1.29 is 19.2 Å². The van der Waals surface area contributed by atoms with Crippen molar-refractivity contribution in [1.82, 2.24) is 20.4 Å². The molecule has 0 saturated carbocycles. The summed E-state index contributed by atoms with van der Waals surface area (Å²) in [4.78, 5) is 53.4. The quantitative estimate of drug-likeness (QED) is 0.698. The van der Waals surface area contributed by atoms with Crippen LogP contribution in [0.2, 0.25) is 0 Å². The van der Waals surface area contributed by atoms with E-state index in [1.807, 2.05) is 43.0 Å². The predicted octanol–water partition coefficient (Wildman–Crippen LogP) is 1.53. The highest BCUT2D eigenvalue weighted by Crippen LogP contribution is 2.41. The van der Waals surface area contributed by atoms with Gasteiger partial charge in [0.25, 0.3) is 5.91 Å². The van der Waals surface area contributed by atoms with Gasteiger partial charge in [-0.3, -0.25) is 19.3 Å². The van der Waals surface area contributed by atoms with Crippen LogP contribution in [0, 0.1) is 5.92 Å². The molecule has 2 N–H and O–H groups in total. The average Bonchev–Trinajstić information content (AvgIpc) is 3.21. The molecule has 0 aromatic heterocycles. The third-order valence-electron chi connectivity index (χ3n) is 6.52. The normalized spacial score (nSPS) is 23.5. The molecule has 1 aromatic rings. The first-order valence-corrected chi connectivity index (χ1v) is 11.1. The molecule has 31 heavy (non-hydrogen) atoms. The smallest absolute Gasteiger partial charge is 0.325 e. The number of carbonyl (C=O) groups is 4. The molecule has 1 aliphatic carbocycles. The van der Waals surface area contributed by atoms with E-state index in [1.165, 1.54) is 0 Å². The molecule has 8 nitrogen and oxygen atoms in total. The van der Waals surface area contributed by atoms with Crippen molar-refractivity contribution in [2.75, 3.05) is 19.6 Å². The molecule has 5 amide bonds. The van der Waals surface area contributed by atoms with E-state index in [0.29, 0.717) is 44.7 Å². The van der Waals surface area contributed by atoms with Gasteiger partial charge in [-0.1, -0.05) is 38.1 Å². The molecule has 1 aromatic carbocycles. The monoisotopic (exact) mass is 426 g/mol. The van der Waals surface area contributed by atoms with Gasteiger partial charge in [0.05, 0.1) is 0 Å². The van der Waals surface area contributed by atoms with E-state index in [4.69, 9.17) is 0 Å². The van der Waals surface area contributed by atoms with E-state index in [-0.39, 0.29) is 30.3 Å². The van der Waals surface area contributed by atoms with Crippen molar-refractivity contribution in [3.05, 3.63) is 35.4 Å². The Kier molecular flexibility index (Phi) is 5.73. The van der Waals surface area contributed by atoms with Crippen LogP contribution in [0.25, 0.3) is 0 Å². The Labute approximate surface area is 182 Å². The highest BCUT2D eigenvalue weighted by Gasteiger charge is 2.55. The van der Waals surface area contributed by atoms with E-state index >= 15 is 0 Å². The minimum atomic E-state index is -1.05. The Morgan fingerprint density at radius 3 is 2.61 bits per heavy atom. The van der Waals surface area contributed by atoms with E-state index in [1.54, 1.807) is 0 Å². The van der Waals surface area contributed by atoms with Crippen LogP contribution in [0.3, 0.4) is 0 Å². The molecule has 4 rings (SSSR count). The van der Waals surface area contributed by atoms with Gasteiger partial charge in [0, 0.05) is 25.6 Å². The molecular weight excluding hydrogens is 396 g/mol. The number of urea groups is 1. The topological polar surface area (TPSA) is 98.8 Å². The molecule has 2 fully saturated rings. The van der Waals surface area contributed by atoms with Crippen LogP contribution in [0.4, 0.5) is 4.79 Å². The summed E-state index contributed by atoms with van der Waals surface area (Å²) in [5.74, 6) is -0.226. The largest absolute Gasteiger partial charge is 0.352 e. The molecule has 3 aliphatic rings. The number of hydrogen-bond acceptors (Lipinski definition) is 4. The highest BCUT2D eigenvalue weighted by molar-refractivity contribution is 6.09. The lowest BCUT2D eigenvalue weighted by Gasteiger charge is -2.33. The molecular formula is C23H30N4O4. The van der Waals surface area contributed by atoms with Crippen molar-refractivity contribution in [2.45, 2.75) is 57.5 Å². The molecule has 166 valence electrons. The molecule has 2 heterocycles. The third-order valence-corrected chi connectivity index (χ3v) is 6.52. The zero-order valence-corrected chi connectivity index (χ0v) is 18.1. The van der Waals surface area contributed by atoms with Crippen molar-refractivity contribution in [3.63, 3.8) is 0 Å². The van der Waals surface area contributed by atoms with Gasteiger partial charge < -0.3 is 15.5 Å². The fourth-order valence-corrected chi connectivity index (χ4v) is 4.90. The number of hydrogen-bond donors (Lipinski definition) is 2. The number of imide groups is 1. The number of carbonyl (C=O) groups excluding carboxylic acids is 4. The summed E-state index contributed by atoms with van der Waals surface area (Å²) in [6, 6.07) is 7.05. The first kappa shape index (κ1) is 21.3. The number of piperidine rings is 1. The zero-order valence-electron chi connectivity index (χ0n) is 18.1. The lowest BCUT2D eigenvalue weighted by atomic mass is 9.92. The number of benzene rings is 1. The van der Waals surface area contributed by atoms with Gasteiger partial charge >= 0.3 is 6.03 Å². The standard InChI is InChI=1S/C23H30N4O4/c1-15(2)13-20(29)26-11-8-17(9-12-26)24-19(28)14-27-21(30)23(25-22(27)31)10-7-16-5-3-4-6-18(16)23/h3-6,15,17H,7-14H2,1-2H3,(H,24,28)(H,25,31). The summed E-state index contributed by atoms with van der Waals surface area (Å²) in [6.45, 7) is 4.98. The maximum atomic E-state index is 13.2. The maximum absolute atomic E-state index is 13.2. The SMILES string of the molecule is CC(C)CC(=O)N1CCC(NC(=O)CN2C(=O)NC3(CCc4ccccc43)C2=O)CC1. The lowest BCUT2D eigenvalue weighted by molar-refractivity contribution is -0.136. The van der Waals surface area contributed by atoms with Crippen molar-refractivity contribution in [2.24, 2.45) is 5.92 Å². The van der Waals surface area contributed by atoms with Crippen LogP contribution < -0.4 is 10.6 Å². The molecule has 1 unspecified atom stereocenters. The number of nitrogens with zero attached hydrogens (tertiary/aromatic N) is 2. The van der Waals surface area contributed by atoms with Crippen molar-refractivity contribution in [1.29, 1.82) is 0 Å². The Morgan fingerprint density at radius 1 is 1.19 bits per heavy atom. The maximum Gasteiger partial charge on any atom is 0.325 e. The van der Waals surface area contributed by atoms with Gasteiger partial charge in [0.2, 0.25) is 11.8 Å². The van der Waals surface area contributed by atoms with Gasteiger partial charge in [0.1, 0.15) is 12.1 Å². The fourth-order valence-electron chi connectivity index (χ4n) is 4.90. The van der Waals surface area contributed by atoms with E-state index in [9.17, 15) is 19.2 Å². The number of amides is 5. The molecule has 2 aliphatic heterocycles. The third kappa shape index (κ3) is 4.03. The zero-order chi connectivity index (χ0) is 22.2. The summed E-state index contributed by atoms with van der Waals surface area (Å²) < 4.78 is 0. The summed E-state index contributed by atoms with van der Waals surface area (Å²) in [5, 5.41) is 5.78. The number of rotatable bonds is 5. The summed E-state index contributed by atoms with van der Waals surface area (Å²) >= 11 is 0. The van der Waals surface area contributed by atoms with Crippen LogP contribution in [-0.2, 0) is 26.3 Å². The number of likely N-dealkylation sites (tertiary alicyclic amines) is 1.